The van der Waals surface area contributed by atoms with Gasteiger partial charge in [-0.25, -0.2) is 0 Å². The van der Waals surface area contributed by atoms with E-state index in [1.165, 1.54) is 325 Å². The van der Waals surface area contributed by atoms with Gasteiger partial charge in [0, 0.05) is 19.6 Å². The normalized spacial score (nSPS) is 11.8. The maximum Gasteiger partial charge on any atom is 0.00723 e. The van der Waals surface area contributed by atoms with Crippen molar-refractivity contribution in [3.8, 4) is 44.5 Å². The summed E-state index contributed by atoms with van der Waals surface area (Å²) >= 11 is 8.13. The summed E-state index contributed by atoms with van der Waals surface area (Å²) in [4.78, 5) is 5.52. The van der Waals surface area contributed by atoms with Crippen LogP contribution < -0.4 is 0 Å². The molecule has 8 aromatic rings. The Hall–Kier alpha value is -3.80. The zero-order valence-electron chi connectivity index (χ0n) is 52.8. The van der Waals surface area contributed by atoms with Crippen molar-refractivity contribution in [2.45, 2.75) is 253 Å². The van der Waals surface area contributed by atoms with E-state index in [1.54, 1.807) is 0 Å². The average molecular weight is 1200 g/mol. The van der Waals surface area contributed by atoms with Crippen molar-refractivity contribution in [3.63, 3.8) is 0 Å². The highest BCUT2D eigenvalue weighted by Crippen LogP contribution is 2.49. The molecule has 0 N–H and O–H groups in total. The van der Waals surface area contributed by atoms with Crippen LogP contribution in [0.15, 0.2) is 153 Å². The number of hydrogen-bond donors (Lipinski definition) is 0. The van der Waals surface area contributed by atoms with E-state index in [0.29, 0.717) is 0 Å². The fraction of sp³-hybridized carbons (Fsp3) is 0.500. The monoisotopic (exact) mass is 1190 g/mol. The molecule has 0 aliphatic rings. The molecule has 8 aromatic carbocycles. The third-order valence-electron chi connectivity index (χ3n) is 17.6. The average Bonchev–Trinajstić information content (AvgIpc) is 1.17. The summed E-state index contributed by atoms with van der Waals surface area (Å²) in [5, 5.41) is 8.13. The van der Waals surface area contributed by atoms with E-state index < -0.39 is 0 Å². The lowest BCUT2D eigenvalue weighted by molar-refractivity contribution is 0.586. The van der Waals surface area contributed by atoms with Gasteiger partial charge >= 0.3 is 0 Å². The summed E-state index contributed by atoms with van der Waals surface area (Å²) in [6.45, 7) is 9.24. The second kappa shape index (κ2) is 38.5. The van der Waals surface area contributed by atoms with Gasteiger partial charge in [-0.3, -0.25) is 0 Å². The number of unbranched alkanes of at least 4 members (excludes halogenated alkanes) is 28. The highest BCUT2D eigenvalue weighted by molar-refractivity contribution is 8.00. The predicted molar refractivity (Wildman–Crippen MR) is 385 cm³/mol. The Bertz CT molecular complexity index is 2640. The van der Waals surface area contributed by atoms with Gasteiger partial charge in [0.05, 0.1) is 0 Å². The van der Waals surface area contributed by atoms with E-state index in [-0.39, 0.29) is 0 Å². The molecule has 0 aliphatic heterocycles. The van der Waals surface area contributed by atoms with Crippen LogP contribution in [0.1, 0.15) is 233 Å². The summed E-state index contributed by atoms with van der Waals surface area (Å²) in [5.74, 6) is 4.77. The van der Waals surface area contributed by atoms with Crippen LogP contribution in [0, 0.1) is 0 Å². The van der Waals surface area contributed by atoms with Gasteiger partial charge in [-0.15, -0.1) is 47.0 Å². The second-order valence-electron chi connectivity index (χ2n) is 24.4. The zero-order chi connectivity index (χ0) is 58.2. The van der Waals surface area contributed by atoms with E-state index in [9.17, 15) is 0 Å². The Morgan fingerprint density at radius 2 is 0.381 bits per heavy atom. The van der Waals surface area contributed by atoms with Gasteiger partial charge in [-0.05, 0) is 186 Å². The molecule has 0 heterocycles. The second-order valence-corrected chi connectivity index (χ2v) is 29.1. The van der Waals surface area contributed by atoms with Crippen LogP contribution in [0.4, 0.5) is 0 Å². The lowest BCUT2D eigenvalue weighted by atomic mass is 9.82. The molecule has 0 nitrogen and oxygen atoms in total. The fourth-order valence-electron chi connectivity index (χ4n) is 12.6. The first-order valence-electron chi connectivity index (χ1n) is 34.3. The minimum atomic E-state index is 1.19. The highest BCUT2D eigenvalue weighted by Gasteiger charge is 2.21. The topological polar surface area (TPSA) is 0 Å². The molecule has 0 saturated carbocycles. The summed E-state index contributed by atoms with van der Waals surface area (Å²) in [7, 11) is 0. The van der Waals surface area contributed by atoms with E-state index in [2.05, 4.69) is 161 Å². The molecule has 0 atom stereocenters. The minimum Gasteiger partial charge on any atom is -0.126 e. The lowest BCUT2D eigenvalue weighted by Gasteiger charge is -2.22. The fourth-order valence-corrected chi connectivity index (χ4v) is 16.2. The first-order chi connectivity index (χ1) is 41.6. The predicted octanol–water partition coefficient (Wildman–Crippen LogP) is 28.2. The summed E-state index contributed by atoms with van der Waals surface area (Å²) in [6.07, 6.45) is 43.7. The van der Waals surface area contributed by atoms with Gasteiger partial charge in [0.15, 0.2) is 0 Å². The highest BCUT2D eigenvalue weighted by atomic mass is 32.2. The maximum atomic E-state index is 2.53. The van der Waals surface area contributed by atoms with E-state index in [1.807, 2.05) is 47.0 Å². The summed E-state index contributed by atoms with van der Waals surface area (Å²) in [6, 6.07) is 53.4. The quantitative estimate of drug-likeness (QED) is 0.0212. The zero-order valence-corrected chi connectivity index (χ0v) is 56.1. The lowest BCUT2D eigenvalue weighted by Crippen LogP contribution is -1.94. The molecule has 8 rings (SSSR count). The SMILES string of the molecule is CCCCCCCCCCSc1ccc(-c2cc(-c3ccc(SCCCCCCCCCC)cc3)c3ccc4c(-c5ccc(SCCCCCCCCCC)cc5)cc(-c5ccc(SCCCCCCCCCC)cc5)c5ccc2c3c54)cc1. The van der Waals surface area contributed by atoms with Crippen LogP contribution in [0.3, 0.4) is 0 Å². The molecule has 0 bridgehead atoms. The van der Waals surface area contributed by atoms with Crippen molar-refractivity contribution in [2.24, 2.45) is 0 Å². The first kappa shape index (κ1) is 66.2. The molecular weight excluding hydrogens is 1090 g/mol. The number of thioether (sulfide) groups is 4. The third kappa shape index (κ3) is 20.7. The Balaban J connectivity index is 1.12. The summed E-state index contributed by atoms with van der Waals surface area (Å²) in [5.41, 5.74) is 10.5. The van der Waals surface area contributed by atoms with Gasteiger partial charge in [0.25, 0.3) is 0 Å². The molecule has 0 amide bonds. The Kier molecular flexibility index (Phi) is 30.3. The van der Waals surface area contributed by atoms with Gasteiger partial charge in [0.2, 0.25) is 0 Å². The number of rotatable bonds is 44. The molecule has 0 fully saturated rings. The Morgan fingerprint density at radius 1 is 0.202 bits per heavy atom. The van der Waals surface area contributed by atoms with Gasteiger partial charge in [0.1, 0.15) is 0 Å². The van der Waals surface area contributed by atoms with Crippen LogP contribution in [-0.2, 0) is 0 Å². The standard InChI is InChI=1S/C80H106S4/c1-5-9-13-17-21-25-29-33-57-81-67-45-37-63(38-46-67)75-61-76(64-39-47-68(48-40-64)82-58-34-30-26-22-18-14-10-6-2)72-55-56-74-78(66-43-51-70(52-44-66)84-60-36-32-28-24-20-16-12-8-4)62-77(73-54-53-71(75)79(72)80(73)74)65-41-49-69(50-42-65)83-59-35-31-27-23-19-15-11-7-3/h37-56,61-62H,5-36,57-60H2,1-4H3. The molecule has 0 spiro atoms. The van der Waals surface area contributed by atoms with Crippen LogP contribution in [0.5, 0.6) is 0 Å². The molecule has 84 heavy (non-hydrogen) atoms. The third-order valence-corrected chi connectivity index (χ3v) is 22.0. The van der Waals surface area contributed by atoms with E-state index in [0.717, 1.165) is 0 Å². The molecular formula is C80H106S4. The minimum absolute atomic E-state index is 1.19. The molecule has 450 valence electrons. The molecule has 4 heteroatoms. The van der Waals surface area contributed by atoms with Gasteiger partial charge in [-0.2, -0.15) is 0 Å². The van der Waals surface area contributed by atoms with Crippen molar-refractivity contribution in [3.05, 3.63) is 133 Å². The van der Waals surface area contributed by atoms with Gasteiger partial charge in [-0.1, -0.05) is 280 Å². The van der Waals surface area contributed by atoms with Crippen LogP contribution >= 0.6 is 47.0 Å². The largest absolute Gasteiger partial charge is 0.126 e. The Labute approximate surface area is 529 Å². The molecule has 0 saturated heterocycles. The van der Waals surface area contributed by atoms with Crippen molar-refractivity contribution in [1.82, 2.24) is 0 Å². The van der Waals surface area contributed by atoms with Crippen molar-refractivity contribution >= 4 is 79.4 Å². The van der Waals surface area contributed by atoms with Crippen molar-refractivity contribution in [1.29, 1.82) is 0 Å². The maximum absolute atomic E-state index is 2.53. The van der Waals surface area contributed by atoms with Crippen LogP contribution in [-0.4, -0.2) is 23.0 Å². The van der Waals surface area contributed by atoms with Crippen LogP contribution in [0.25, 0.3) is 76.8 Å². The van der Waals surface area contributed by atoms with Crippen molar-refractivity contribution < 1.29 is 0 Å². The number of benzene rings is 8. The Morgan fingerprint density at radius 3 is 0.571 bits per heavy atom. The van der Waals surface area contributed by atoms with E-state index >= 15 is 0 Å². The molecule has 0 unspecified atom stereocenters. The van der Waals surface area contributed by atoms with Crippen molar-refractivity contribution in [2.75, 3.05) is 23.0 Å². The smallest absolute Gasteiger partial charge is 0.00723 e. The number of hydrogen-bond acceptors (Lipinski definition) is 4. The molecule has 0 radical (unpaired) electrons. The van der Waals surface area contributed by atoms with E-state index in [4.69, 9.17) is 0 Å². The van der Waals surface area contributed by atoms with Crippen LogP contribution in [0.2, 0.25) is 0 Å². The van der Waals surface area contributed by atoms with Gasteiger partial charge < -0.3 is 0 Å². The molecule has 0 aliphatic carbocycles. The molecule has 0 aromatic heterocycles. The first-order valence-corrected chi connectivity index (χ1v) is 38.3. The summed E-state index contributed by atoms with van der Waals surface area (Å²) < 4.78 is 0.